The monoisotopic (exact) mass is 468 g/mol. The van der Waals surface area contributed by atoms with Crippen molar-refractivity contribution < 1.29 is 22.6 Å². The van der Waals surface area contributed by atoms with Crippen LogP contribution in [0.4, 0.5) is 5.82 Å². The van der Waals surface area contributed by atoms with Crippen molar-refractivity contribution in [2.24, 2.45) is 10.9 Å². The van der Waals surface area contributed by atoms with Gasteiger partial charge in [0.25, 0.3) is 21.9 Å². The fraction of sp³-hybridized carbons (Fsp3) is 0.0476. The Bertz CT molecular complexity index is 1280. The van der Waals surface area contributed by atoms with Crippen LogP contribution in [0.15, 0.2) is 76.9 Å². The normalized spacial score (nSPS) is 11.2. The summed E-state index contributed by atoms with van der Waals surface area (Å²) in [5.74, 6) is 4.66. The van der Waals surface area contributed by atoms with E-state index in [0.717, 1.165) is 5.56 Å². The fourth-order valence-corrected chi connectivity index (χ4v) is 3.40. The predicted octanol–water partition coefficient (Wildman–Crippen LogP) is 1.31. The molecule has 0 saturated heterocycles. The molecule has 6 N–H and O–H groups in total. The molecule has 3 rings (SSSR count). The van der Waals surface area contributed by atoms with E-state index < -0.39 is 16.0 Å². The third kappa shape index (κ3) is 6.43. The number of nitrogens with two attached hydrogens (primary N) is 1. The van der Waals surface area contributed by atoms with Gasteiger partial charge in [-0.25, -0.2) is 10.8 Å². The number of nitrogen functional groups attached to an aromatic ring is 1. The van der Waals surface area contributed by atoms with Crippen molar-refractivity contribution in [3.63, 3.8) is 0 Å². The number of hydrogen-bond donors (Lipinski definition) is 5. The summed E-state index contributed by atoms with van der Waals surface area (Å²) in [6.07, 6.45) is 2.59. The molecule has 2 amide bonds. The Morgan fingerprint density at radius 3 is 2.33 bits per heavy atom. The Labute approximate surface area is 189 Å². The Morgan fingerprint density at radius 2 is 1.70 bits per heavy atom. The molecule has 0 saturated carbocycles. The zero-order valence-corrected chi connectivity index (χ0v) is 17.9. The van der Waals surface area contributed by atoms with Crippen molar-refractivity contribution in [2.45, 2.75) is 11.4 Å². The first kappa shape index (κ1) is 23.5. The van der Waals surface area contributed by atoms with Crippen LogP contribution in [0.25, 0.3) is 0 Å². The van der Waals surface area contributed by atoms with Crippen molar-refractivity contribution in [3.8, 4) is 0 Å². The second kappa shape index (κ2) is 10.5. The van der Waals surface area contributed by atoms with E-state index in [0.29, 0.717) is 16.9 Å². The van der Waals surface area contributed by atoms with E-state index in [-0.39, 0.29) is 22.9 Å². The number of hydrazone groups is 1. The molecular weight excluding hydrogens is 448 g/mol. The van der Waals surface area contributed by atoms with Crippen LogP contribution in [0.3, 0.4) is 0 Å². The summed E-state index contributed by atoms with van der Waals surface area (Å²) in [6, 6.07) is 15.5. The van der Waals surface area contributed by atoms with Crippen molar-refractivity contribution in [1.29, 1.82) is 0 Å². The van der Waals surface area contributed by atoms with Gasteiger partial charge in [0.1, 0.15) is 10.7 Å². The van der Waals surface area contributed by atoms with Crippen LogP contribution < -0.4 is 22.0 Å². The highest BCUT2D eigenvalue weighted by Crippen LogP contribution is 2.13. The average molecular weight is 468 g/mol. The van der Waals surface area contributed by atoms with E-state index in [1.54, 1.807) is 36.4 Å². The summed E-state index contributed by atoms with van der Waals surface area (Å²) >= 11 is 0. The van der Waals surface area contributed by atoms with E-state index in [1.165, 1.54) is 36.7 Å². The lowest BCUT2D eigenvalue weighted by atomic mass is 10.1. The molecule has 33 heavy (non-hydrogen) atoms. The molecule has 0 unspecified atom stereocenters. The first-order valence-electron chi connectivity index (χ1n) is 9.47. The van der Waals surface area contributed by atoms with Crippen molar-refractivity contribution >= 4 is 34.0 Å². The Morgan fingerprint density at radius 1 is 1.00 bits per heavy atom. The third-order valence-corrected chi connectivity index (χ3v) is 5.33. The topological polar surface area (TPSA) is 176 Å². The van der Waals surface area contributed by atoms with Gasteiger partial charge in [-0.1, -0.05) is 30.3 Å². The molecule has 0 aliphatic carbocycles. The highest BCUT2D eigenvalue weighted by atomic mass is 32.2. The Balaban J connectivity index is 1.56. The molecule has 0 aliphatic rings. The predicted molar refractivity (Wildman–Crippen MR) is 121 cm³/mol. The SMILES string of the molecule is NNC(=O)c1ccc(CNC(=O)c2ccc(N/N=C/c3ccccc3S(=O)(=O)O)nc2)cc1. The van der Waals surface area contributed by atoms with Gasteiger partial charge < -0.3 is 5.32 Å². The fourth-order valence-electron chi connectivity index (χ4n) is 2.73. The highest BCUT2D eigenvalue weighted by molar-refractivity contribution is 7.86. The quantitative estimate of drug-likeness (QED) is 0.108. The van der Waals surface area contributed by atoms with Crippen LogP contribution in [0.1, 0.15) is 31.8 Å². The smallest absolute Gasteiger partial charge is 0.295 e. The largest absolute Gasteiger partial charge is 0.348 e. The van der Waals surface area contributed by atoms with Gasteiger partial charge in [-0.2, -0.15) is 13.5 Å². The number of carbonyl (C=O) groups excluding carboxylic acids is 2. The molecule has 3 aromatic rings. The minimum absolute atomic E-state index is 0.195. The number of nitrogens with one attached hydrogen (secondary N) is 3. The number of benzene rings is 2. The lowest BCUT2D eigenvalue weighted by Crippen LogP contribution is -2.30. The first-order chi connectivity index (χ1) is 15.8. The highest BCUT2D eigenvalue weighted by Gasteiger charge is 2.13. The molecule has 0 spiro atoms. The number of hydrazine groups is 1. The maximum atomic E-state index is 12.3. The molecule has 0 fully saturated rings. The van der Waals surface area contributed by atoms with Gasteiger partial charge in [-0.3, -0.25) is 25.0 Å². The van der Waals surface area contributed by atoms with E-state index in [4.69, 9.17) is 5.84 Å². The summed E-state index contributed by atoms with van der Waals surface area (Å²) < 4.78 is 32.0. The number of rotatable bonds is 8. The average Bonchev–Trinajstić information content (AvgIpc) is 2.82. The number of carbonyl (C=O) groups is 2. The van der Waals surface area contributed by atoms with Crippen LogP contribution in [-0.4, -0.2) is 36.0 Å². The molecule has 1 aromatic heterocycles. The molecule has 12 heteroatoms. The standard InChI is InChI=1S/C21H20N6O5S/c22-26-21(29)15-7-5-14(6-8-15)11-24-20(28)17-9-10-19(23-12-17)27-25-13-16-3-1-2-4-18(16)33(30,31)32/h1-10,12-13H,11,22H2,(H,23,27)(H,24,28)(H,26,29)(H,30,31,32)/b25-13+. The van der Waals surface area contributed by atoms with E-state index >= 15 is 0 Å². The second-order valence-electron chi connectivity index (χ2n) is 6.67. The number of aromatic nitrogens is 1. The molecule has 0 radical (unpaired) electrons. The number of anilines is 1. The lowest BCUT2D eigenvalue weighted by Gasteiger charge is -2.07. The van der Waals surface area contributed by atoms with Gasteiger partial charge in [0.15, 0.2) is 0 Å². The van der Waals surface area contributed by atoms with Crippen molar-refractivity contribution in [2.75, 3.05) is 5.43 Å². The van der Waals surface area contributed by atoms with Crippen molar-refractivity contribution in [1.82, 2.24) is 15.7 Å². The van der Waals surface area contributed by atoms with E-state index in [9.17, 15) is 22.6 Å². The van der Waals surface area contributed by atoms with Crippen LogP contribution in [0.2, 0.25) is 0 Å². The van der Waals surface area contributed by atoms with Crippen LogP contribution in [-0.2, 0) is 16.7 Å². The van der Waals surface area contributed by atoms with Crippen LogP contribution in [0, 0.1) is 0 Å². The Hall–Kier alpha value is -4.13. The molecule has 170 valence electrons. The maximum absolute atomic E-state index is 12.3. The maximum Gasteiger partial charge on any atom is 0.295 e. The summed E-state index contributed by atoms with van der Waals surface area (Å²) in [7, 11) is -4.38. The summed E-state index contributed by atoms with van der Waals surface area (Å²) in [6.45, 7) is 0.251. The second-order valence-corrected chi connectivity index (χ2v) is 8.06. The summed E-state index contributed by atoms with van der Waals surface area (Å²) in [5.41, 5.74) is 6.38. The van der Waals surface area contributed by atoms with Gasteiger partial charge in [0.2, 0.25) is 0 Å². The molecular formula is C21H20N6O5S. The van der Waals surface area contributed by atoms with Crippen molar-refractivity contribution in [3.05, 3.63) is 89.1 Å². The van der Waals surface area contributed by atoms with Gasteiger partial charge in [-0.15, -0.1) is 0 Å². The Kier molecular flexibility index (Phi) is 7.46. The molecule has 2 aromatic carbocycles. The summed E-state index contributed by atoms with van der Waals surface area (Å²) in [5, 5.41) is 6.66. The van der Waals surface area contributed by atoms with Crippen LogP contribution >= 0.6 is 0 Å². The minimum atomic E-state index is -4.38. The lowest BCUT2D eigenvalue weighted by molar-refractivity contribution is 0.0943. The zero-order valence-electron chi connectivity index (χ0n) is 17.1. The number of amides is 2. The van der Waals surface area contributed by atoms with Gasteiger partial charge in [0, 0.05) is 23.9 Å². The molecule has 1 heterocycles. The zero-order chi connectivity index (χ0) is 23.8. The molecule has 0 bridgehead atoms. The summed E-state index contributed by atoms with van der Waals surface area (Å²) in [4.78, 5) is 27.6. The van der Waals surface area contributed by atoms with Crippen LogP contribution in [0.5, 0.6) is 0 Å². The number of pyridine rings is 1. The van der Waals surface area contributed by atoms with E-state index in [1.807, 2.05) is 5.43 Å². The van der Waals surface area contributed by atoms with Gasteiger partial charge >= 0.3 is 0 Å². The van der Waals surface area contributed by atoms with Gasteiger partial charge in [-0.05, 0) is 35.9 Å². The van der Waals surface area contributed by atoms with E-state index in [2.05, 4.69) is 20.8 Å². The van der Waals surface area contributed by atoms with Gasteiger partial charge in [0.05, 0.1) is 11.8 Å². The number of hydrogen-bond acceptors (Lipinski definition) is 8. The molecule has 0 atom stereocenters. The first-order valence-corrected chi connectivity index (χ1v) is 10.9. The third-order valence-electron chi connectivity index (χ3n) is 4.41. The minimum Gasteiger partial charge on any atom is -0.348 e. The molecule has 11 nitrogen and oxygen atoms in total. The molecule has 0 aliphatic heterocycles. The number of nitrogens with zero attached hydrogens (tertiary/aromatic N) is 2.